The van der Waals surface area contributed by atoms with E-state index < -0.39 is 5.91 Å². The summed E-state index contributed by atoms with van der Waals surface area (Å²) in [7, 11) is 0. The van der Waals surface area contributed by atoms with Gasteiger partial charge in [-0.1, -0.05) is 44.2 Å². The summed E-state index contributed by atoms with van der Waals surface area (Å²) >= 11 is 0. The molecule has 3 aromatic rings. The van der Waals surface area contributed by atoms with Crippen molar-refractivity contribution in [2.45, 2.75) is 26.8 Å². The number of hydrogen-bond donors (Lipinski definition) is 2. The molecule has 128 valence electrons. The molecule has 0 spiro atoms. The van der Waals surface area contributed by atoms with Crippen LogP contribution in [0.4, 0.5) is 0 Å². The molecule has 0 atom stereocenters. The second kappa shape index (κ2) is 7.03. The van der Waals surface area contributed by atoms with Crippen LogP contribution in [-0.2, 0) is 13.0 Å². The summed E-state index contributed by atoms with van der Waals surface area (Å²) in [6, 6.07) is 15.5. The molecule has 0 unspecified atom stereocenters. The van der Waals surface area contributed by atoms with Gasteiger partial charge in [-0.05, 0) is 47.2 Å². The van der Waals surface area contributed by atoms with Crippen LogP contribution in [-0.4, -0.2) is 10.9 Å². The summed E-state index contributed by atoms with van der Waals surface area (Å²) in [6.07, 6.45) is 0.861. The second-order valence-corrected chi connectivity index (χ2v) is 6.68. The maximum absolute atomic E-state index is 11.6. The SMILES string of the molecule is CC(C)Cc1nc2ccc(C(N)=O)cc2c(-c2ccccc2)c1CN. The number of rotatable bonds is 5. The molecule has 0 radical (unpaired) electrons. The third kappa shape index (κ3) is 3.39. The van der Waals surface area contributed by atoms with Gasteiger partial charge in [-0.2, -0.15) is 0 Å². The fourth-order valence-electron chi connectivity index (χ4n) is 3.22. The topological polar surface area (TPSA) is 82.0 Å². The van der Waals surface area contributed by atoms with Crippen LogP contribution in [0.15, 0.2) is 48.5 Å². The highest BCUT2D eigenvalue weighted by molar-refractivity contribution is 6.02. The molecule has 25 heavy (non-hydrogen) atoms. The van der Waals surface area contributed by atoms with Gasteiger partial charge in [-0.3, -0.25) is 9.78 Å². The van der Waals surface area contributed by atoms with Crippen LogP contribution in [0.25, 0.3) is 22.0 Å². The van der Waals surface area contributed by atoms with E-state index in [1.165, 1.54) is 0 Å². The van der Waals surface area contributed by atoms with Gasteiger partial charge in [-0.25, -0.2) is 0 Å². The molecular formula is C21H23N3O. The summed E-state index contributed by atoms with van der Waals surface area (Å²) < 4.78 is 0. The van der Waals surface area contributed by atoms with Crippen molar-refractivity contribution in [3.8, 4) is 11.1 Å². The maximum atomic E-state index is 11.6. The van der Waals surface area contributed by atoms with Crippen LogP contribution in [0, 0.1) is 5.92 Å². The van der Waals surface area contributed by atoms with E-state index in [0.717, 1.165) is 39.7 Å². The van der Waals surface area contributed by atoms with Crippen LogP contribution >= 0.6 is 0 Å². The van der Waals surface area contributed by atoms with Gasteiger partial charge in [0.25, 0.3) is 0 Å². The van der Waals surface area contributed by atoms with Crippen LogP contribution in [0.3, 0.4) is 0 Å². The number of hydrogen-bond acceptors (Lipinski definition) is 3. The Labute approximate surface area is 147 Å². The highest BCUT2D eigenvalue weighted by Crippen LogP contribution is 2.34. The predicted molar refractivity (Wildman–Crippen MR) is 102 cm³/mol. The fraction of sp³-hybridized carbons (Fsp3) is 0.238. The zero-order valence-corrected chi connectivity index (χ0v) is 14.6. The normalized spacial score (nSPS) is 11.2. The predicted octanol–water partition coefficient (Wildman–Crippen LogP) is 3.66. The van der Waals surface area contributed by atoms with Crippen molar-refractivity contribution in [2.75, 3.05) is 0 Å². The number of carbonyl (C=O) groups is 1. The van der Waals surface area contributed by atoms with E-state index in [0.29, 0.717) is 18.0 Å². The van der Waals surface area contributed by atoms with Gasteiger partial charge >= 0.3 is 0 Å². The summed E-state index contributed by atoms with van der Waals surface area (Å²) in [5.74, 6) is 0.0326. The zero-order valence-electron chi connectivity index (χ0n) is 14.6. The molecule has 0 aliphatic heterocycles. The molecule has 1 aromatic heterocycles. The smallest absolute Gasteiger partial charge is 0.248 e. The van der Waals surface area contributed by atoms with E-state index >= 15 is 0 Å². The van der Waals surface area contributed by atoms with Crippen LogP contribution in [0.1, 0.15) is 35.5 Å². The standard InChI is InChI=1S/C21H23N3O/c1-13(2)10-19-17(12-22)20(14-6-4-3-5-7-14)16-11-15(21(23)25)8-9-18(16)24-19/h3-9,11,13H,10,12,22H2,1-2H3,(H2,23,25). The Morgan fingerprint density at radius 3 is 2.44 bits per heavy atom. The van der Waals surface area contributed by atoms with Crippen molar-refractivity contribution in [3.05, 3.63) is 65.4 Å². The lowest BCUT2D eigenvalue weighted by Crippen LogP contribution is -2.12. The average Bonchev–Trinajstić information content (AvgIpc) is 2.60. The zero-order chi connectivity index (χ0) is 18.0. The van der Waals surface area contributed by atoms with Crippen molar-refractivity contribution in [2.24, 2.45) is 17.4 Å². The first-order valence-electron chi connectivity index (χ1n) is 8.52. The quantitative estimate of drug-likeness (QED) is 0.747. The number of carbonyl (C=O) groups excluding carboxylic acids is 1. The number of amides is 1. The van der Waals surface area contributed by atoms with Crippen molar-refractivity contribution < 1.29 is 4.79 Å². The summed E-state index contributed by atoms with van der Waals surface area (Å²) in [5.41, 5.74) is 17.1. The monoisotopic (exact) mass is 333 g/mol. The minimum Gasteiger partial charge on any atom is -0.366 e. The molecule has 4 heteroatoms. The van der Waals surface area contributed by atoms with Gasteiger partial charge in [0.05, 0.1) is 5.52 Å². The van der Waals surface area contributed by atoms with Gasteiger partial charge in [0.15, 0.2) is 0 Å². The Hall–Kier alpha value is -2.72. The van der Waals surface area contributed by atoms with Crippen LogP contribution in [0.5, 0.6) is 0 Å². The van der Waals surface area contributed by atoms with Crippen LogP contribution in [0.2, 0.25) is 0 Å². The lowest BCUT2D eigenvalue weighted by Gasteiger charge is -2.18. The summed E-state index contributed by atoms with van der Waals surface area (Å²) in [6.45, 7) is 4.74. The number of aromatic nitrogens is 1. The molecule has 0 bridgehead atoms. The molecule has 0 fully saturated rings. The highest BCUT2D eigenvalue weighted by atomic mass is 16.1. The number of fused-ring (bicyclic) bond motifs is 1. The average molecular weight is 333 g/mol. The molecule has 0 aliphatic rings. The van der Waals surface area contributed by atoms with Crippen LogP contribution < -0.4 is 11.5 Å². The van der Waals surface area contributed by atoms with E-state index in [9.17, 15) is 4.79 Å². The third-order valence-electron chi connectivity index (χ3n) is 4.32. The van der Waals surface area contributed by atoms with Gasteiger partial charge < -0.3 is 11.5 Å². The van der Waals surface area contributed by atoms with Crippen molar-refractivity contribution in [1.29, 1.82) is 0 Å². The second-order valence-electron chi connectivity index (χ2n) is 6.68. The Bertz CT molecular complexity index is 917. The van der Waals surface area contributed by atoms with Gasteiger partial charge in [0, 0.05) is 23.2 Å². The summed E-state index contributed by atoms with van der Waals surface area (Å²) in [5, 5.41) is 0.912. The molecule has 2 aromatic carbocycles. The van der Waals surface area contributed by atoms with E-state index in [1.807, 2.05) is 30.3 Å². The Kier molecular flexibility index (Phi) is 4.81. The first-order valence-corrected chi connectivity index (χ1v) is 8.52. The van der Waals surface area contributed by atoms with Crippen molar-refractivity contribution in [1.82, 2.24) is 4.98 Å². The highest BCUT2D eigenvalue weighted by Gasteiger charge is 2.17. The van der Waals surface area contributed by atoms with E-state index in [4.69, 9.17) is 16.5 Å². The lowest BCUT2D eigenvalue weighted by molar-refractivity contribution is 0.100. The number of nitrogens with zero attached hydrogens (tertiary/aromatic N) is 1. The van der Waals surface area contributed by atoms with E-state index in [-0.39, 0.29) is 0 Å². The largest absolute Gasteiger partial charge is 0.366 e. The Morgan fingerprint density at radius 2 is 1.84 bits per heavy atom. The summed E-state index contributed by atoms with van der Waals surface area (Å²) in [4.78, 5) is 16.5. The fourth-order valence-corrected chi connectivity index (χ4v) is 3.22. The lowest BCUT2D eigenvalue weighted by atomic mass is 9.91. The molecule has 3 rings (SSSR count). The van der Waals surface area contributed by atoms with Gasteiger partial charge in [-0.15, -0.1) is 0 Å². The molecular weight excluding hydrogens is 310 g/mol. The number of pyridine rings is 1. The molecule has 1 heterocycles. The van der Waals surface area contributed by atoms with E-state index in [2.05, 4.69) is 26.0 Å². The first-order chi connectivity index (χ1) is 12.0. The number of primary amides is 1. The number of benzene rings is 2. The van der Waals surface area contributed by atoms with Gasteiger partial charge in [0.1, 0.15) is 0 Å². The molecule has 0 saturated heterocycles. The maximum Gasteiger partial charge on any atom is 0.248 e. The van der Waals surface area contributed by atoms with Crippen molar-refractivity contribution in [3.63, 3.8) is 0 Å². The van der Waals surface area contributed by atoms with E-state index in [1.54, 1.807) is 6.07 Å². The Morgan fingerprint density at radius 1 is 1.12 bits per heavy atom. The molecule has 4 nitrogen and oxygen atoms in total. The first kappa shape index (κ1) is 17.1. The number of nitrogens with two attached hydrogens (primary N) is 2. The third-order valence-corrected chi connectivity index (χ3v) is 4.32. The molecule has 4 N–H and O–H groups in total. The molecule has 0 saturated carbocycles. The molecule has 0 aliphatic carbocycles. The minimum atomic E-state index is -0.443. The minimum absolute atomic E-state index is 0.399. The van der Waals surface area contributed by atoms with Crippen molar-refractivity contribution >= 4 is 16.8 Å². The molecule has 1 amide bonds. The van der Waals surface area contributed by atoms with Gasteiger partial charge in [0.2, 0.25) is 5.91 Å². The Balaban J connectivity index is 2.39.